The Morgan fingerprint density at radius 1 is 1.13 bits per heavy atom. The van der Waals surface area contributed by atoms with Crippen LogP contribution in [0.25, 0.3) is 0 Å². The van der Waals surface area contributed by atoms with Gasteiger partial charge in [0.2, 0.25) is 17.6 Å². The van der Waals surface area contributed by atoms with Gasteiger partial charge in [0.15, 0.2) is 11.5 Å². The zero-order chi connectivity index (χ0) is 27.2. The minimum atomic E-state index is -0.876. The second-order valence-corrected chi connectivity index (χ2v) is 9.00. The van der Waals surface area contributed by atoms with Crippen molar-refractivity contribution >= 4 is 11.9 Å². The lowest BCUT2D eigenvalue weighted by Gasteiger charge is -2.32. The molecule has 3 aromatic rings. The van der Waals surface area contributed by atoms with Crippen molar-refractivity contribution in [3.8, 4) is 23.0 Å². The number of hydrogen-bond donors (Lipinski definition) is 2. The van der Waals surface area contributed by atoms with Crippen molar-refractivity contribution in [2.75, 3.05) is 39.3 Å². The van der Waals surface area contributed by atoms with Crippen molar-refractivity contribution in [3.05, 3.63) is 64.0 Å². The number of hydrogen-bond acceptors (Lipinski definition) is 10. The van der Waals surface area contributed by atoms with Crippen molar-refractivity contribution < 1.29 is 28.5 Å². The molecule has 202 valence electrons. The van der Waals surface area contributed by atoms with Crippen LogP contribution in [0.2, 0.25) is 0 Å². The number of methoxy groups -OCH3 is 3. The van der Waals surface area contributed by atoms with E-state index < -0.39 is 11.5 Å². The van der Waals surface area contributed by atoms with Crippen LogP contribution in [0.15, 0.2) is 45.9 Å². The van der Waals surface area contributed by atoms with Crippen molar-refractivity contribution in [2.45, 2.75) is 38.1 Å². The molecule has 0 bridgehead atoms. The number of carbonyl (C=O) groups excluding carboxylic acids is 1. The van der Waals surface area contributed by atoms with Gasteiger partial charge in [-0.25, -0.2) is 14.8 Å². The molecule has 0 unspecified atom stereocenters. The summed E-state index contributed by atoms with van der Waals surface area (Å²) >= 11 is 0. The third kappa shape index (κ3) is 5.66. The number of ether oxygens (including phenoxy) is 3. The molecule has 3 heterocycles. The van der Waals surface area contributed by atoms with Gasteiger partial charge in [-0.15, -0.1) is 0 Å². The van der Waals surface area contributed by atoms with Crippen LogP contribution in [0, 0.1) is 6.92 Å². The number of amides is 1. The zero-order valence-electron chi connectivity index (χ0n) is 21.9. The van der Waals surface area contributed by atoms with Crippen molar-refractivity contribution in [3.63, 3.8) is 0 Å². The lowest BCUT2D eigenvalue weighted by Crippen LogP contribution is -2.45. The highest BCUT2D eigenvalue weighted by molar-refractivity contribution is 5.78. The van der Waals surface area contributed by atoms with Crippen molar-refractivity contribution in [1.29, 1.82) is 0 Å². The van der Waals surface area contributed by atoms with Crippen LogP contribution < -0.4 is 30.1 Å². The quantitative estimate of drug-likeness (QED) is 0.430. The molecule has 1 aliphatic heterocycles. The standard InChI is InChI=1S/C27H32N4O7/c1-16-14-20(32)23(26(34)38-16)19(18-6-7-21(35-2)25(37-4)24(18)36-3)15-22(33)30-17-8-12-31(13-9-17)27-28-10-5-11-29-27/h5-7,10-11,14,17,19,32H,8-9,12-13,15H2,1-4H3,(H,30,33)/t19-/m1/s1. The molecule has 0 spiro atoms. The van der Waals surface area contributed by atoms with E-state index in [2.05, 4.69) is 20.2 Å². The van der Waals surface area contributed by atoms with Gasteiger partial charge in [-0.2, -0.15) is 0 Å². The van der Waals surface area contributed by atoms with Gasteiger partial charge >= 0.3 is 5.63 Å². The van der Waals surface area contributed by atoms with E-state index in [0.29, 0.717) is 54.7 Å². The Balaban J connectivity index is 1.60. The maximum Gasteiger partial charge on any atom is 0.343 e. The maximum absolute atomic E-state index is 13.3. The van der Waals surface area contributed by atoms with E-state index in [1.807, 2.05) is 0 Å². The molecule has 0 aliphatic carbocycles. The first-order valence-corrected chi connectivity index (χ1v) is 12.3. The molecule has 1 aliphatic rings. The van der Waals surface area contributed by atoms with E-state index in [4.69, 9.17) is 18.6 Å². The van der Waals surface area contributed by atoms with Crippen molar-refractivity contribution in [1.82, 2.24) is 15.3 Å². The number of rotatable bonds is 9. The minimum Gasteiger partial charge on any atom is -0.507 e. The summed E-state index contributed by atoms with van der Waals surface area (Å²) in [5, 5.41) is 13.8. The number of nitrogens with zero attached hydrogens (tertiary/aromatic N) is 3. The fourth-order valence-corrected chi connectivity index (χ4v) is 4.84. The topological polar surface area (TPSA) is 136 Å². The average Bonchev–Trinajstić information content (AvgIpc) is 2.91. The first-order chi connectivity index (χ1) is 18.4. The summed E-state index contributed by atoms with van der Waals surface area (Å²) in [5.74, 6) is 0.534. The zero-order valence-corrected chi connectivity index (χ0v) is 21.9. The normalized spacial score (nSPS) is 14.6. The number of anilines is 1. The lowest BCUT2D eigenvalue weighted by atomic mass is 9.87. The van der Waals surface area contributed by atoms with Crippen LogP contribution in [-0.2, 0) is 4.79 Å². The number of aromatic nitrogens is 2. The Kier molecular flexibility index (Phi) is 8.35. The van der Waals surface area contributed by atoms with Crippen molar-refractivity contribution in [2.24, 2.45) is 0 Å². The summed E-state index contributed by atoms with van der Waals surface area (Å²) in [6.07, 6.45) is 4.71. The van der Waals surface area contributed by atoms with Crippen LogP contribution in [0.3, 0.4) is 0 Å². The van der Waals surface area contributed by atoms with Gasteiger partial charge in [-0.1, -0.05) is 6.07 Å². The largest absolute Gasteiger partial charge is 0.507 e. The first-order valence-electron chi connectivity index (χ1n) is 12.3. The molecule has 4 rings (SSSR count). The molecule has 2 aromatic heterocycles. The fraction of sp³-hybridized carbons (Fsp3) is 0.407. The molecular formula is C27H32N4O7. The molecule has 1 saturated heterocycles. The summed E-state index contributed by atoms with van der Waals surface area (Å²) < 4.78 is 21.8. The van der Waals surface area contributed by atoms with Crippen LogP contribution >= 0.6 is 0 Å². The Morgan fingerprint density at radius 3 is 2.42 bits per heavy atom. The van der Waals surface area contributed by atoms with Crippen LogP contribution in [0.1, 0.15) is 42.1 Å². The van der Waals surface area contributed by atoms with Crippen LogP contribution in [0.4, 0.5) is 5.95 Å². The van der Waals surface area contributed by atoms with E-state index in [1.54, 1.807) is 37.5 Å². The third-order valence-electron chi connectivity index (χ3n) is 6.63. The summed E-state index contributed by atoms with van der Waals surface area (Å²) in [5.41, 5.74) is -0.288. The van der Waals surface area contributed by atoms with E-state index in [1.165, 1.54) is 27.4 Å². The molecule has 0 radical (unpaired) electrons. The fourth-order valence-electron chi connectivity index (χ4n) is 4.84. The Bertz CT molecular complexity index is 1320. The number of aromatic hydroxyl groups is 1. The molecular weight excluding hydrogens is 492 g/mol. The third-order valence-corrected chi connectivity index (χ3v) is 6.63. The molecule has 1 fully saturated rings. The van der Waals surface area contributed by atoms with Gasteiger partial charge < -0.3 is 34.0 Å². The molecule has 1 atom stereocenters. The van der Waals surface area contributed by atoms with Gasteiger partial charge in [-0.05, 0) is 31.9 Å². The Morgan fingerprint density at radius 2 is 1.82 bits per heavy atom. The Hall–Kier alpha value is -4.28. The lowest BCUT2D eigenvalue weighted by molar-refractivity contribution is -0.122. The van der Waals surface area contributed by atoms with E-state index in [9.17, 15) is 14.7 Å². The van der Waals surface area contributed by atoms with E-state index in [0.717, 1.165) is 0 Å². The van der Waals surface area contributed by atoms with Gasteiger partial charge in [0.25, 0.3) is 0 Å². The summed E-state index contributed by atoms with van der Waals surface area (Å²) in [6.45, 7) is 2.96. The highest BCUT2D eigenvalue weighted by Gasteiger charge is 2.31. The monoisotopic (exact) mass is 524 g/mol. The van der Waals surface area contributed by atoms with E-state index in [-0.39, 0.29) is 35.4 Å². The number of nitrogens with one attached hydrogen (secondary N) is 1. The molecule has 2 N–H and O–H groups in total. The smallest absolute Gasteiger partial charge is 0.343 e. The predicted molar refractivity (Wildman–Crippen MR) is 139 cm³/mol. The van der Waals surface area contributed by atoms with E-state index >= 15 is 0 Å². The maximum atomic E-state index is 13.3. The molecule has 0 saturated carbocycles. The molecule has 1 aromatic carbocycles. The number of aryl methyl sites for hydroxylation is 1. The summed E-state index contributed by atoms with van der Waals surface area (Å²) in [4.78, 5) is 36.9. The summed E-state index contributed by atoms with van der Waals surface area (Å²) in [7, 11) is 4.42. The van der Waals surface area contributed by atoms with Gasteiger partial charge in [0.05, 0.1) is 26.9 Å². The van der Waals surface area contributed by atoms with Gasteiger partial charge in [-0.3, -0.25) is 4.79 Å². The predicted octanol–water partition coefficient (Wildman–Crippen LogP) is 2.78. The highest BCUT2D eigenvalue weighted by atomic mass is 16.5. The second kappa shape index (κ2) is 11.8. The molecule has 11 heteroatoms. The first kappa shape index (κ1) is 26.8. The highest BCUT2D eigenvalue weighted by Crippen LogP contribution is 2.45. The van der Waals surface area contributed by atoms with Crippen LogP contribution in [0.5, 0.6) is 23.0 Å². The van der Waals surface area contributed by atoms with Gasteiger partial charge in [0.1, 0.15) is 11.5 Å². The number of benzene rings is 1. The summed E-state index contributed by atoms with van der Waals surface area (Å²) in [6, 6.07) is 6.42. The SMILES string of the molecule is COc1ccc([C@@H](CC(=O)NC2CCN(c3ncccn3)CC2)c2c(O)cc(C)oc2=O)c(OC)c1OC. The number of carbonyl (C=O) groups is 1. The minimum absolute atomic E-state index is 0.0349. The van der Waals surface area contributed by atoms with Crippen LogP contribution in [-0.4, -0.2) is 61.4 Å². The average molecular weight is 525 g/mol. The Labute approximate surface area is 220 Å². The number of piperidine rings is 1. The molecule has 11 nitrogen and oxygen atoms in total. The molecule has 38 heavy (non-hydrogen) atoms. The second-order valence-electron chi connectivity index (χ2n) is 9.00. The molecule has 1 amide bonds. The van der Waals surface area contributed by atoms with Gasteiger partial charge in [0, 0.05) is 55.5 Å².